The van der Waals surface area contributed by atoms with Crippen LogP contribution in [0.1, 0.15) is 48.1 Å². The van der Waals surface area contributed by atoms with Gasteiger partial charge in [0.25, 0.3) is 0 Å². The molecule has 0 bridgehead atoms. The van der Waals surface area contributed by atoms with E-state index in [2.05, 4.69) is 42.4 Å². The highest BCUT2D eigenvalue weighted by atomic mass is 19.1. The quantitative estimate of drug-likeness (QED) is 0.230. The SMILES string of the molecule is CCCc1cnc(N2CCC(n3cc(F)c4c(Nc5ccc(C(=O)CNCC(=O)O)cc5F)ncnc43)CC2)nc1. The van der Waals surface area contributed by atoms with Gasteiger partial charge in [-0.2, -0.15) is 0 Å². The Labute approximate surface area is 234 Å². The van der Waals surface area contributed by atoms with E-state index in [-0.39, 0.29) is 41.6 Å². The van der Waals surface area contributed by atoms with Crippen molar-refractivity contribution in [3.8, 4) is 0 Å². The first-order valence-electron chi connectivity index (χ1n) is 13.4. The van der Waals surface area contributed by atoms with Crippen LogP contribution in [0.2, 0.25) is 0 Å². The number of rotatable bonds is 11. The molecule has 13 heteroatoms. The molecule has 3 aromatic heterocycles. The Morgan fingerprint density at radius 1 is 1.05 bits per heavy atom. The minimum Gasteiger partial charge on any atom is -0.480 e. The predicted molar refractivity (Wildman–Crippen MR) is 149 cm³/mol. The maximum absolute atomic E-state index is 15.3. The molecule has 1 saturated heterocycles. The molecule has 0 radical (unpaired) electrons. The molecule has 5 rings (SSSR count). The summed E-state index contributed by atoms with van der Waals surface area (Å²) in [6, 6.07) is 3.80. The van der Waals surface area contributed by atoms with Crippen LogP contribution in [0.25, 0.3) is 11.0 Å². The highest BCUT2D eigenvalue weighted by Crippen LogP contribution is 2.33. The summed E-state index contributed by atoms with van der Waals surface area (Å²) in [4.78, 5) is 42.5. The van der Waals surface area contributed by atoms with Crippen molar-refractivity contribution in [2.75, 3.05) is 36.4 Å². The lowest BCUT2D eigenvalue weighted by Crippen LogP contribution is -2.35. The molecule has 0 saturated carbocycles. The number of aliphatic carboxylic acids is 1. The van der Waals surface area contributed by atoms with Crippen molar-refractivity contribution in [2.45, 2.75) is 38.6 Å². The smallest absolute Gasteiger partial charge is 0.317 e. The topological polar surface area (TPSA) is 138 Å². The van der Waals surface area contributed by atoms with Gasteiger partial charge in [0.05, 0.1) is 24.2 Å². The fourth-order valence-electron chi connectivity index (χ4n) is 4.99. The second-order valence-electron chi connectivity index (χ2n) is 9.90. The van der Waals surface area contributed by atoms with E-state index in [4.69, 9.17) is 5.11 Å². The molecule has 214 valence electrons. The van der Waals surface area contributed by atoms with E-state index in [0.717, 1.165) is 37.3 Å². The number of anilines is 3. The number of hydrogen-bond acceptors (Lipinski definition) is 9. The summed E-state index contributed by atoms with van der Waals surface area (Å²) >= 11 is 0. The first kappa shape index (κ1) is 28.0. The number of nitrogens with zero attached hydrogens (tertiary/aromatic N) is 6. The highest BCUT2D eigenvalue weighted by Gasteiger charge is 2.26. The molecule has 1 aromatic carbocycles. The maximum atomic E-state index is 15.3. The Morgan fingerprint density at radius 3 is 2.49 bits per heavy atom. The lowest BCUT2D eigenvalue weighted by molar-refractivity contribution is -0.135. The van der Waals surface area contributed by atoms with Crippen LogP contribution in [-0.2, 0) is 11.2 Å². The Hall–Kier alpha value is -4.52. The number of aryl methyl sites for hydroxylation is 1. The number of piperidine rings is 1. The molecular formula is C28H30F2N8O3. The molecule has 4 heterocycles. The molecule has 1 aliphatic heterocycles. The van der Waals surface area contributed by atoms with Crippen LogP contribution in [0.5, 0.6) is 0 Å². The van der Waals surface area contributed by atoms with E-state index in [1.54, 1.807) is 0 Å². The summed E-state index contributed by atoms with van der Waals surface area (Å²) < 4.78 is 32.0. The fraction of sp³-hybridized carbons (Fsp3) is 0.357. The third-order valence-electron chi connectivity index (χ3n) is 7.04. The van der Waals surface area contributed by atoms with Crippen LogP contribution in [0.15, 0.2) is 43.1 Å². The lowest BCUT2D eigenvalue weighted by Gasteiger charge is -2.32. The van der Waals surface area contributed by atoms with Gasteiger partial charge in [0, 0.05) is 43.3 Å². The molecule has 1 aliphatic rings. The van der Waals surface area contributed by atoms with E-state index in [0.29, 0.717) is 24.7 Å². The molecule has 4 aromatic rings. The average Bonchev–Trinajstić information content (AvgIpc) is 3.31. The number of carboxylic acids is 1. The van der Waals surface area contributed by atoms with E-state index in [9.17, 15) is 14.0 Å². The highest BCUT2D eigenvalue weighted by molar-refractivity contribution is 5.98. The van der Waals surface area contributed by atoms with Gasteiger partial charge >= 0.3 is 5.97 Å². The number of nitrogens with one attached hydrogen (secondary N) is 2. The molecular weight excluding hydrogens is 534 g/mol. The van der Waals surface area contributed by atoms with Crippen LogP contribution < -0.4 is 15.5 Å². The molecule has 0 unspecified atom stereocenters. The number of halogens is 2. The molecule has 0 aliphatic carbocycles. The molecule has 0 atom stereocenters. The molecule has 0 spiro atoms. The number of carboxylic acid groups (broad SMARTS) is 1. The van der Waals surface area contributed by atoms with Crippen LogP contribution in [-0.4, -0.2) is 67.5 Å². The normalized spacial score (nSPS) is 14.0. The summed E-state index contributed by atoms with van der Waals surface area (Å²) in [5.74, 6) is -2.04. The molecule has 1 fully saturated rings. The number of Topliss-reactive ketones (excluding diaryl/α,β-unsaturated/α-hetero) is 1. The number of carbonyl (C=O) groups excluding carboxylic acids is 1. The van der Waals surface area contributed by atoms with Gasteiger partial charge in [-0.25, -0.2) is 28.7 Å². The van der Waals surface area contributed by atoms with Crippen molar-refractivity contribution >= 4 is 40.2 Å². The van der Waals surface area contributed by atoms with Crippen molar-refractivity contribution in [3.05, 3.63) is 65.9 Å². The van der Waals surface area contributed by atoms with Gasteiger partial charge < -0.3 is 19.9 Å². The third-order valence-corrected chi connectivity index (χ3v) is 7.04. The molecule has 41 heavy (non-hydrogen) atoms. The number of aromatic nitrogens is 5. The second-order valence-corrected chi connectivity index (χ2v) is 9.90. The second kappa shape index (κ2) is 12.3. The number of carbonyl (C=O) groups is 2. The lowest BCUT2D eigenvalue weighted by atomic mass is 10.1. The third kappa shape index (κ3) is 6.30. The zero-order chi connectivity index (χ0) is 28.9. The van der Waals surface area contributed by atoms with E-state index in [1.807, 2.05) is 17.0 Å². The summed E-state index contributed by atoms with van der Waals surface area (Å²) in [5, 5.41) is 14.1. The summed E-state index contributed by atoms with van der Waals surface area (Å²) in [5.41, 5.74) is 1.59. The molecule has 3 N–H and O–H groups in total. The number of ketones is 1. The maximum Gasteiger partial charge on any atom is 0.317 e. The van der Waals surface area contributed by atoms with Gasteiger partial charge in [-0.05, 0) is 43.0 Å². The van der Waals surface area contributed by atoms with Gasteiger partial charge in [-0.15, -0.1) is 0 Å². The van der Waals surface area contributed by atoms with Crippen molar-refractivity contribution < 1.29 is 23.5 Å². The number of benzene rings is 1. The number of hydrogen-bond donors (Lipinski definition) is 3. The zero-order valence-corrected chi connectivity index (χ0v) is 22.5. The van der Waals surface area contributed by atoms with Gasteiger partial charge in [-0.3, -0.25) is 14.9 Å². The van der Waals surface area contributed by atoms with E-state index >= 15 is 4.39 Å². The fourth-order valence-corrected chi connectivity index (χ4v) is 4.99. The summed E-state index contributed by atoms with van der Waals surface area (Å²) in [6.07, 6.45) is 9.89. The van der Waals surface area contributed by atoms with Gasteiger partial charge in [-0.1, -0.05) is 13.3 Å². The van der Waals surface area contributed by atoms with Crippen molar-refractivity contribution in [3.63, 3.8) is 0 Å². The standard InChI is InChI=1S/C28H30F2N8O3/c1-2-3-17-11-32-28(33-12-17)37-8-6-19(7-9-37)38-15-21(30)25-26(34-16-35-27(25)38)36-22-5-4-18(10-20(22)29)23(39)13-31-14-24(40)41/h4-5,10-12,15-16,19,31H,2-3,6-9,13-14H2,1H3,(H,40,41)(H,34,35,36). The van der Waals surface area contributed by atoms with Gasteiger partial charge in [0.1, 0.15) is 23.6 Å². The largest absolute Gasteiger partial charge is 0.480 e. The van der Waals surface area contributed by atoms with Crippen molar-refractivity contribution in [2.24, 2.45) is 0 Å². The van der Waals surface area contributed by atoms with Crippen molar-refractivity contribution in [1.82, 2.24) is 29.8 Å². The molecule has 0 amide bonds. The van der Waals surface area contributed by atoms with Gasteiger partial charge in [0.15, 0.2) is 11.6 Å². The average molecular weight is 565 g/mol. The minimum absolute atomic E-state index is 0.00265. The van der Waals surface area contributed by atoms with Crippen LogP contribution in [0.4, 0.5) is 26.2 Å². The molecule has 11 nitrogen and oxygen atoms in total. The first-order valence-corrected chi connectivity index (χ1v) is 13.4. The predicted octanol–water partition coefficient (Wildman–Crippen LogP) is 3.89. The van der Waals surface area contributed by atoms with Crippen LogP contribution >= 0.6 is 0 Å². The van der Waals surface area contributed by atoms with E-state index in [1.165, 1.54) is 24.7 Å². The van der Waals surface area contributed by atoms with Gasteiger partial charge in [0.2, 0.25) is 5.95 Å². The number of fused-ring (bicyclic) bond motifs is 1. The first-order chi connectivity index (χ1) is 19.8. The van der Waals surface area contributed by atoms with E-state index < -0.39 is 23.4 Å². The Morgan fingerprint density at radius 2 is 1.80 bits per heavy atom. The minimum atomic E-state index is -1.10. The summed E-state index contributed by atoms with van der Waals surface area (Å²) in [6.45, 7) is 2.89. The van der Waals surface area contributed by atoms with Crippen molar-refractivity contribution in [1.29, 1.82) is 0 Å². The van der Waals surface area contributed by atoms with Crippen LogP contribution in [0.3, 0.4) is 0 Å². The zero-order valence-electron chi connectivity index (χ0n) is 22.5. The van der Waals surface area contributed by atoms with Crippen LogP contribution in [0, 0.1) is 11.6 Å². The Balaban J connectivity index is 1.29. The summed E-state index contributed by atoms with van der Waals surface area (Å²) in [7, 11) is 0. The Bertz CT molecular complexity index is 1550. The Kier molecular flexibility index (Phi) is 8.43. The monoisotopic (exact) mass is 564 g/mol.